The van der Waals surface area contributed by atoms with E-state index in [0.29, 0.717) is 12.2 Å². The highest BCUT2D eigenvalue weighted by atomic mass is 127. The Morgan fingerprint density at radius 1 is 1.41 bits per heavy atom. The van der Waals surface area contributed by atoms with Crippen LogP contribution in [0, 0.1) is 3.57 Å². The summed E-state index contributed by atoms with van der Waals surface area (Å²) in [5, 5.41) is 9.09. The zero-order valence-electron chi connectivity index (χ0n) is 8.73. The summed E-state index contributed by atoms with van der Waals surface area (Å²) >= 11 is 5.57. The van der Waals surface area contributed by atoms with E-state index in [1.807, 2.05) is 30.5 Å². The van der Waals surface area contributed by atoms with Crippen molar-refractivity contribution in [2.24, 2.45) is 0 Å². The van der Waals surface area contributed by atoms with Gasteiger partial charge in [0.25, 0.3) is 0 Å². The molecule has 0 spiro atoms. The molecule has 0 aliphatic rings. The summed E-state index contributed by atoms with van der Waals surface area (Å²) in [7, 11) is 0. The maximum absolute atomic E-state index is 11.1. The molecular weight excluding hydrogens is 397 g/mol. The molecule has 0 atom stereocenters. The van der Waals surface area contributed by atoms with Gasteiger partial charge in [-0.3, -0.25) is 0 Å². The molecule has 0 fully saturated rings. The standard InChI is InChI=1S/C12H9BrINO2/c13-10-4-2-1-3-8(10)6-15-7-9(14)5-11(15)12(16)17/h1-5,7H,6H2,(H,16,17). The lowest BCUT2D eigenvalue weighted by atomic mass is 10.2. The highest BCUT2D eigenvalue weighted by Crippen LogP contribution is 2.19. The minimum atomic E-state index is -0.903. The topological polar surface area (TPSA) is 42.2 Å². The first-order valence-corrected chi connectivity index (χ1v) is 6.77. The summed E-state index contributed by atoms with van der Waals surface area (Å²) in [5.41, 5.74) is 1.37. The van der Waals surface area contributed by atoms with Gasteiger partial charge in [0.2, 0.25) is 0 Å². The van der Waals surface area contributed by atoms with E-state index in [-0.39, 0.29) is 0 Å². The summed E-state index contributed by atoms with van der Waals surface area (Å²) in [6.07, 6.45) is 1.84. The van der Waals surface area contributed by atoms with Crippen LogP contribution >= 0.6 is 38.5 Å². The van der Waals surface area contributed by atoms with Gasteiger partial charge in [0.15, 0.2) is 0 Å². The van der Waals surface area contributed by atoms with Crippen LogP contribution in [0.25, 0.3) is 0 Å². The monoisotopic (exact) mass is 405 g/mol. The molecule has 0 saturated heterocycles. The quantitative estimate of drug-likeness (QED) is 0.792. The van der Waals surface area contributed by atoms with Gasteiger partial charge in [0.1, 0.15) is 5.69 Å². The maximum Gasteiger partial charge on any atom is 0.352 e. The first kappa shape index (κ1) is 12.6. The minimum Gasteiger partial charge on any atom is -0.477 e. The van der Waals surface area contributed by atoms with Gasteiger partial charge in [-0.05, 0) is 40.3 Å². The van der Waals surface area contributed by atoms with Crippen molar-refractivity contribution in [3.05, 3.63) is 55.8 Å². The van der Waals surface area contributed by atoms with Crippen molar-refractivity contribution in [3.8, 4) is 0 Å². The molecule has 0 unspecified atom stereocenters. The van der Waals surface area contributed by atoms with E-state index in [2.05, 4.69) is 38.5 Å². The third kappa shape index (κ3) is 2.90. The van der Waals surface area contributed by atoms with Crippen molar-refractivity contribution in [2.75, 3.05) is 0 Å². The van der Waals surface area contributed by atoms with E-state index < -0.39 is 5.97 Å². The van der Waals surface area contributed by atoms with E-state index in [1.54, 1.807) is 10.6 Å². The largest absolute Gasteiger partial charge is 0.477 e. The smallest absolute Gasteiger partial charge is 0.352 e. The summed E-state index contributed by atoms with van der Waals surface area (Å²) in [5.74, 6) is -0.903. The Hall–Kier alpha value is -0.820. The molecule has 0 saturated carbocycles. The fourth-order valence-corrected chi connectivity index (χ4v) is 2.64. The number of aromatic nitrogens is 1. The summed E-state index contributed by atoms with van der Waals surface area (Å²) in [4.78, 5) is 11.1. The lowest BCUT2D eigenvalue weighted by molar-refractivity contribution is 0.0685. The third-order valence-corrected chi connectivity index (χ3v) is 3.74. The molecule has 0 aliphatic carbocycles. The maximum atomic E-state index is 11.1. The second kappa shape index (κ2) is 5.22. The van der Waals surface area contributed by atoms with E-state index in [9.17, 15) is 4.79 Å². The number of hydrogen-bond acceptors (Lipinski definition) is 1. The average molecular weight is 406 g/mol. The van der Waals surface area contributed by atoms with Crippen molar-refractivity contribution in [1.82, 2.24) is 4.57 Å². The molecule has 2 rings (SSSR count). The van der Waals surface area contributed by atoms with Crippen LogP contribution in [0.1, 0.15) is 16.1 Å². The van der Waals surface area contributed by atoms with Gasteiger partial charge in [0.05, 0.1) is 0 Å². The molecule has 3 nitrogen and oxygen atoms in total. The number of halogens is 2. The zero-order valence-corrected chi connectivity index (χ0v) is 12.5. The third-order valence-electron chi connectivity index (χ3n) is 2.38. The molecule has 0 aliphatic heterocycles. The lowest BCUT2D eigenvalue weighted by Gasteiger charge is -2.07. The zero-order chi connectivity index (χ0) is 12.4. The number of carbonyl (C=O) groups is 1. The van der Waals surface area contributed by atoms with Gasteiger partial charge >= 0.3 is 5.97 Å². The molecule has 88 valence electrons. The van der Waals surface area contributed by atoms with Crippen molar-refractivity contribution in [3.63, 3.8) is 0 Å². The summed E-state index contributed by atoms with van der Waals surface area (Å²) in [6, 6.07) is 9.46. The molecule has 2 aromatic rings. The van der Waals surface area contributed by atoms with Gasteiger partial charge in [-0.15, -0.1) is 0 Å². The van der Waals surface area contributed by atoms with Gasteiger partial charge in [-0.25, -0.2) is 4.79 Å². The Balaban J connectivity index is 2.36. The van der Waals surface area contributed by atoms with Gasteiger partial charge < -0.3 is 9.67 Å². The molecule has 0 bridgehead atoms. The Morgan fingerprint density at radius 2 is 2.12 bits per heavy atom. The van der Waals surface area contributed by atoms with Crippen LogP contribution in [0.3, 0.4) is 0 Å². The van der Waals surface area contributed by atoms with Crippen LogP contribution in [-0.2, 0) is 6.54 Å². The van der Waals surface area contributed by atoms with E-state index in [1.165, 1.54) is 0 Å². The Bertz CT molecular complexity index is 565. The van der Waals surface area contributed by atoms with Crippen molar-refractivity contribution >= 4 is 44.5 Å². The van der Waals surface area contributed by atoms with Gasteiger partial charge in [-0.1, -0.05) is 34.1 Å². The van der Waals surface area contributed by atoms with Crippen LogP contribution in [0.2, 0.25) is 0 Å². The van der Waals surface area contributed by atoms with Crippen LogP contribution in [-0.4, -0.2) is 15.6 Å². The molecule has 17 heavy (non-hydrogen) atoms. The lowest BCUT2D eigenvalue weighted by Crippen LogP contribution is -2.08. The Kier molecular flexibility index (Phi) is 3.88. The number of hydrogen-bond donors (Lipinski definition) is 1. The van der Waals surface area contributed by atoms with Gasteiger partial charge in [0, 0.05) is 20.8 Å². The van der Waals surface area contributed by atoms with Crippen LogP contribution in [0.4, 0.5) is 0 Å². The highest BCUT2D eigenvalue weighted by molar-refractivity contribution is 14.1. The fourth-order valence-electron chi connectivity index (χ4n) is 1.59. The fraction of sp³-hybridized carbons (Fsp3) is 0.0833. The number of carboxylic acids is 1. The molecule has 1 aromatic carbocycles. The normalized spacial score (nSPS) is 10.5. The Labute approximate surface area is 121 Å². The highest BCUT2D eigenvalue weighted by Gasteiger charge is 2.12. The molecular formula is C12H9BrINO2. The second-order valence-electron chi connectivity index (χ2n) is 3.57. The van der Waals surface area contributed by atoms with E-state index in [4.69, 9.17) is 5.11 Å². The van der Waals surface area contributed by atoms with Crippen LogP contribution in [0.15, 0.2) is 41.0 Å². The predicted octanol–water partition coefficient (Wildman–Crippen LogP) is 3.60. The molecule has 0 radical (unpaired) electrons. The second-order valence-corrected chi connectivity index (χ2v) is 5.67. The number of rotatable bonds is 3. The van der Waals surface area contributed by atoms with E-state index >= 15 is 0 Å². The molecule has 1 heterocycles. The molecule has 5 heteroatoms. The predicted molar refractivity (Wildman–Crippen MR) is 77.4 cm³/mol. The molecule has 0 amide bonds. The van der Waals surface area contributed by atoms with Crippen molar-refractivity contribution < 1.29 is 9.90 Å². The summed E-state index contributed by atoms with van der Waals surface area (Å²) in [6.45, 7) is 0.548. The average Bonchev–Trinajstić information content (AvgIpc) is 2.63. The molecule has 1 N–H and O–H groups in total. The number of benzene rings is 1. The number of aromatic carboxylic acids is 1. The van der Waals surface area contributed by atoms with E-state index in [0.717, 1.165) is 13.6 Å². The van der Waals surface area contributed by atoms with Crippen LogP contribution < -0.4 is 0 Å². The molecule has 1 aromatic heterocycles. The number of carboxylic acid groups (broad SMARTS) is 1. The number of nitrogens with zero attached hydrogens (tertiary/aromatic N) is 1. The van der Waals surface area contributed by atoms with Gasteiger partial charge in [-0.2, -0.15) is 0 Å². The first-order chi connectivity index (χ1) is 8.08. The summed E-state index contributed by atoms with van der Waals surface area (Å²) < 4.78 is 3.65. The Morgan fingerprint density at radius 3 is 2.76 bits per heavy atom. The van der Waals surface area contributed by atoms with Crippen molar-refractivity contribution in [1.29, 1.82) is 0 Å². The SMILES string of the molecule is O=C(O)c1cc(I)cn1Cc1ccccc1Br. The van der Waals surface area contributed by atoms with Crippen LogP contribution in [0.5, 0.6) is 0 Å². The van der Waals surface area contributed by atoms with Crippen molar-refractivity contribution in [2.45, 2.75) is 6.54 Å². The first-order valence-electron chi connectivity index (χ1n) is 4.90. The minimum absolute atomic E-state index is 0.310.